The number of hydrogen-bond acceptors (Lipinski definition) is 1. The number of fused-ring (bicyclic) bond motifs is 2. The van der Waals surface area contributed by atoms with E-state index in [0.29, 0.717) is 6.42 Å². The second kappa shape index (κ2) is 7.35. The molecule has 1 heterocycles. The van der Waals surface area contributed by atoms with Crippen LogP contribution in [0.5, 0.6) is 0 Å². The van der Waals surface area contributed by atoms with Gasteiger partial charge in [-0.1, -0.05) is 0 Å². The van der Waals surface area contributed by atoms with E-state index in [9.17, 15) is 9.18 Å². The molecule has 1 aromatic rings. The second-order valence-electron chi connectivity index (χ2n) is 9.52. The molecule has 4 rings (SSSR count). The van der Waals surface area contributed by atoms with Gasteiger partial charge in [0.25, 0.3) is 0 Å². The molecule has 0 aromatic heterocycles. The van der Waals surface area contributed by atoms with E-state index in [1.165, 1.54) is 11.1 Å². The number of halogens is 3. The van der Waals surface area contributed by atoms with Gasteiger partial charge in [0.1, 0.15) is 0 Å². The van der Waals surface area contributed by atoms with Crippen molar-refractivity contribution in [1.29, 1.82) is 0 Å². The molecule has 0 bridgehead atoms. The molecule has 1 saturated carbocycles. The average molecular weight is 491 g/mol. The van der Waals surface area contributed by atoms with Crippen LogP contribution in [0.2, 0.25) is 31.2 Å². The van der Waals surface area contributed by atoms with E-state index >= 15 is 0 Å². The maximum absolute atomic E-state index is 14.5. The molecular weight excluding hydrogens is 464 g/mol. The molecule has 151 valence electrons. The van der Waals surface area contributed by atoms with Crippen LogP contribution in [0, 0.1) is 5.82 Å². The summed E-state index contributed by atoms with van der Waals surface area (Å²) in [6.45, 7) is 12.0. The maximum atomic E-state index is 14.5. The van der Waals surface area contributed by atoms with Crippen LogP contribution >= 0.6 is 0 Å². The first-order chi connectivity index (χ1) is 12.1. The fraction of sp³-hybridized carbons (Fsp3) is 0.550. The summed E-state index contributed by atoms with van der Waals surface area (Å²) in [6.07, 6.45) is 6.08. The van der Waals surface area contributed by atoms with E-state index in [0.717, 1.165) is 30.4 Å². The zero-order valence-electron chi connectivity index (χ0n) is 17.1. The quantitative estimate of drug-likeness (QED) is 0.506. The van der Waals surface area contributed by atoms with Gasteiger partial charge in [-0.05, 0) is 0 Å². The maximum Gasteiger partial charge on any atom is -1.00 e. The minimum absolute atomic E-state index is 0. The van der Waals surface area contributed by atoms with Crippen LogP contribution in [0.25, 0.3) is 6.08 Å². The summed E-state index contributed by atoms with van der Waals surface area (Å²) < 4.78 is 17.6. The Hall–Kier alpha value is 0.0881. The third kappa shape index (κ3) is 2.38. The van der Waals surface area contributed by atoms with Gasteiger partial charge < -0.3 is 24.8 Å². The van der Waals surface area contributed by atoms with E-state index in [2.05, 4.69) is 43.0 Å². The Morgan fingerprint density at radius 3 is 2.39 bits per heavy atom. The Morgan fingerprint density at radius 1 is 1.14 bits per heavy atom. The SMILES string of the molecule is CC1=Cc2c(C34CCCC3(C(=O)[NH][Ti+2])[Si](C)(C)[Si]4(C)C)ccc(F)c2C1.[Cl-].[Cl-]. The predicted octanol–water partition coefficient (Wildman–Crippen LogP) is -1.42. The molecule has 28 heavy (non-hydrogen) atoms. The molecule has 1 amide bonds. The third-order valence-corrected chi connectivity index (χ3v) is 30.4. The van der Waals surface area contributed by atoms with Gasteiger partial charge in [-0.15, -0.1) is 0 Å². The molecule has 1 aromatic carbocycles. The van der Waals surface area contributed by atoms with Gasteiger partial charge in [-0.3, -0.25) is 0 Å². The van der Waals surface area contributed by atoms with Crippen molar-refractivity contribution >= 4 is 27.2 Å². The van der Waals surface area contributed by atoms with Crippen LogP contribution in [0.15, 0.2) is 17.7 Å². The Labute approximate surface area is 193 Å². The number of nitrogens with one attached hydrogen (secondary N) is 1. The number of allylic oxidation sites excluding steroid dienone is 1. The van der Waals surface area contributed by atoms with Crippen LogP contribution in [0.3, 0.4) is 0 Å². The second-order valence-corrected chi connectivity index (χ2v) is 25.6. The largest absolute Gasteiger partial charge is 1.00 e. The first kappa shape index (κ1) is 24.4. The van der Waals surface area contributed by atoms with Crippen LogP contribution in [-0.4, -0.2) is 21.1 Å². The molecule has 2 unspecified atom stereocenters. The minimum Gasteiger partial charge on any atom is -1.00 e. The number of benzene rings is 1. The van der Waals surface area contributed by atoms with E-state index in [4.69, 9.17) is 0 Å². The molecule has 0 radical (unpaired) electrons. The summed E-state index contributed by atoms with van der Waals surface area (Å²) in [4.78, 5) is 13.4. The summed E-state index contributed by atoms with van der Waals surface area (Å²) in [7, 11) is -3.46. The Balaban J connectivity index is 0.00000140. The number of rotatable bonds is 2. The molecule has 3 aliphatic rings. The molecule has 8 heteroatoms. The normalized spacial score (nSPS) is 30.8. The van der Waals surface area contributed by atoms with Gasteiger partial charge in [-0.25, -0.2) is 0 Å². The topological polar surface area (TPSA) is 29.1 Å². The molecule has 2 fully saturated rings. The van der Waals surface area contributed by atoms with Crippen LogP contribution in [0.4, 0.5) is 4.39 Å². The minimum atomic E-state index is -1.75. The van der Waals surface area contributed by atoms with Crippen LogP contribution in [-0.2, 0) is 36.9 Å². The summed E-state index contributed by atoms with van der Waals surface area (Å²) in [5.74, 6) is 0.155. The zero-order chi connectivity index (χ0) is 19.1. The smallest absolute Gasteiger partial charge is 1.00 e. The third-order valence-electron chi connectivity index (χ3n) is 8.64. The van der Waals surface area contributed by atoms with E-state index < -0.39 is 15.2 Å². The van der Waals surface area contributed by atoms with E-state index in [1.807, 2.05) is 6.07 Å². The van der Waals surface area contributed by atoms with Crippen molar-refractivity contribution in [2.24, 2.45) is 0 Å². The summed E-state index contributed by atoms with van der Waals surface area (Å²) >= 11 is 1.79. The standard InChI is InChI=1S/C20H28FNOSi2.2ClH.Ti/c1-13-11-14-15(12-13)17(21)8-7-16(14)19-9-6-10-20(19,18(22)23)25(4,5)24(19,2)3;;;/h7-8,11H,6,9-10,12H2,1-5H3,(H2,22,23);2*1H;/q;;;+3/p-3. The fourth-order valence-electron chi connectivity index (χ4n) is 7.07. The first-order valence-electron chi connectivity index (χ1n) is 9.55. The van der Waals surface area contributed by atoms with Gasteiger partial charge >= 0.3 is 170 Å². The van der Waals surface area contributed by atoms with Crippen LogP contribution in [0.1, 0.15) is 42.9 Å². The number of carbonyl (C=O) groups is 1. The average Bonchev–Trinajstić information content (AvgIpc) is 3.16. The number of hydrogen-bond donors (Lipinski definition) is 1. The summed E-state index contributed by atoms with van der Waals surface area (Å²) in [5.41, 5.74) is 4.46. The number of carbonyl (C=O) groups excluding carboxylic acids is 1. The van der Waals surface area contributed by atoms with E-state index in [-0.39, 0.29) is 46.6 Å². The number of amides is 1. The Morgan fingerprint density at radius 2 is 1.79 bits per heavy atom. The van der Waals surface area contributed by atoms with Crippen molar-refractivity contribution in [3.05, 3.63) is 40.2 Å². The first-order valence-corrected chi connectivity index (χ1v) is 17.3. The molecular formula is C20H27Cl2FNOSi2Ti. The van der Waals surface area contributed by atoms with Crippen molar-refractivity contribution in [2.75, 3.05) is 0 Å². The zero-order valence-corrected chi connectivity index (χ0v) is 22.2. The summed E-state index contributed by atoms with van der Waals surface area (Å²) in [6, 6.07) is 3.70. The molecule has 1 aliphatic heterocycles. The monoisotopic (exact) mass is 490 g/mol. The van der Waals surface area contributed by atoms with Gasteiger partial charge in [0, 0.05) is 0 Å². The van der Waals surface area contributed by atoms with Crippen LogP contribution < -0.4 is 28.6 Å². The van der Waals surface area contributed by atoms with Gasteiger partial charge in [0.2, 0.25) is 0 Å². The molecule has 2 aliphatic carbocycles. The molecule has 2 nitrogen and oxygen atoms in total. The van der Waals surface area contributed by atoms with Crippen molar-refractivity contribution in [3.63, 3.8) is 0 Å². The molecule has 2 atom stereocenters. The fourth-order valence-corrected chi connectivity index (χ4v) is 25.7. The van der Waals surface area contributed by atoms with Crippen molar-refractivity contribution in [3.8, 4) is 0 Å². The summed E-state index contributed by atoms with van der Waals surface area (Å²) in [5, 5.41) is -0.283. The van der Waals surface area contributed by atoms with Gasteiger partial charge in [-0.2, -0.15) is 0 Å². The van der Waals surface area contributed by atoms with Crippen molar-refractivity contribution < 1.29 is 54.7 Å². The Kier molecular flexibility index (Phi) is 6.39. The van der Waals surface area contributed by atoms with Gasteiger partial charge in [0.05, 0.1) is 0 Å². The predicted molar refractivity (Wildman–Crippen MR) is 105 cm³/mol. The van der Waals surface area contributed by atoms with Gasteiger partial charge in [0.15, 0.2) is 0 Å². The molecule has 1 saturated heterocycles. The van der Waals surface area contributed by atoms with E-state index in [1.54, 1.807) is 26.8 Å². The van der Waals surface area contributed by atoms with Crippen molar-refractivity contribution in [1.82, 2.24) is 3.80 Å². The molecule has 1 N–H and O–H groups in total. The van der Waals surface area contributed by atoms with Crippen molar-refractivity contribution in [2.45, 2.75) is 68.9 Å². The molecule has 0 spiro atoms. The Bertz CT molecular complexity index is 876.